The Balaban J connectivity index is 2.60. The number of pyridine rings is 1. The number of carbonyl (C=O) groups excluding carboxylic acids is 1. The van der Waals surface area contributed by atoms with E-state index >= 15 is 0 Å². The summed E-state index contributed by atoms with van der Waals surface area (Å²) in [6, 6.07) is 2.92. The maximum Gasteiger partial charge on any atom is 0.249 e. The van der Waals surface area contributed by atoms with Crippen LogP contribution in [-0.4, -0.2) is 17.3 Å². The van der Waals surface area contributed by atoms with Crippen LogP contribution in [0.3, 0.4) is 0 Å². The summed E-state index contributed by atoms with van der Waals surface area (Å²) in [6.07, 6.45) is 0.499. The fourth-order valence-corrected chi connectivity index (χ4v) is 1.28. The van der Waals surface area contributed by atoms with Crippen molar-refractivity contribution >= 4 is 11.6 Å². The van der Waals surface area contributed by atoms with E-state index in [0.29, 0.717) is 24.3 Å². The monoisotopic (exact) mass is 164 g/mol. The Morgan fingerprint density at radius 2 is 2.08 bits per heavy atom. The first-order chi connectivity index (χ1) is 5.77. The van der Waals surface area contributed by atoms with Crippen molar-refractivity contribution in [3.05, 3.63) is 28.0 Å². The molecule has 0 atom stereocenters. The molecule has 1 aliphatic rings. The molecule has 2 heterocycles. The van der Waals surface area contributed by atoms with Gasteiger partial charge in [0.05, 0.1) is 5.56 Å². The van der Waals surface area contributed by atoms with Crippen LogP contribution in [0.2, 0.25) is 0 Å². The molecule has 0 unspecified atom stereocenters. The average Bonchev–Trinajstić information content (AvgIpc) is 2.04. The number of Topliss-reactive ketones (excluding diaryl/α,β-unsaturated/α-hetero) is 1. The van der Waals surface area contributed by atoms with Crippen LogP contribution in [0.1, 0.15) is 16.8 Å². The van der Waals surface area contributed by atoms with Crippen LogP contribution in [0.15, 0.2) is 16.9 Å². The zero-order valence-corrected chi connectivity index (χ0v) is 6.39. The first-order valence-corrected chi connectivity index (χ1v) is 3.78. The minimum Gasteiger partial charge on any atom is -0.370 e. The molecule has 0 saturated carbocycles. The number of hydrogen-bond acceptors (Lipinski definition) is 3. The summed E-state index contributed by atoms with van der Waals surface area (Å²) >= 11 is 0. The standard InChI is InChI=1S/C8H8N2O2/c11-6-3-4-9-8-5(6)1-2-7(12)10-8/h1-2H,3-4H2,(H2,9,10,12). The number of nitrogens with one attached hydrogen (secondary N) is 2. The molecule has 4 heteroatoms. The average molecular weight is 164 g/mol. The van der Waals surface area contributed by atoms with Crippen molar-refractivity contribution in [3.8, 4) is 0 Å². The molecule has 0 amide bonds. The highest BCUT2D eigenvalue weighted by atomic mass is 16.1. The lowest BCUT2D eigenvalue weighted by Crippen LogP contribution is -2.22. The molecule has 1 aromatic heterocycles. The van der Waals surface area contributed by atoms with Gasteiger partial charge in [-0.2, -0.15) is 0 Å². The molecule has 12 heavy (non-hydrogen) atoms. The van der Waals surface area contributed by atoms with Gasteiger partial charge < -0.3 is 10.3 Å². The summed E-state index contributed by atoms with van der Waals surface area (Å²) in [5.74, 6) is 0.638. The number of hydrogen-bond donors (Lipinski definition) is 2. The maximum absolute atomic E-state index is 11.2. The highest BCUT2D eigenvalue weighted by molar-refractivity contribution is 6.01. The topological polar surface area (TPSA) is 62.0 Å². The van der Waals surface area contributed by atoms with Crippen LogP contribution in [0.5, 0.6) is 0 Å². The number of ketones is 1. The highest BCUT2D eigenvalue weighted by Crippen LogP contribution is 2.16. The zero-order valence-electron chi connectivity index (χ0n) is 6.39. The van der Waals surface area contributed by atoms with Crippen molar-refractivity contribution in [1.82, 2.24) is 4.98 Å². The summed E-state index contributed by atoms with van der Waals surface area (Å²) in [4.78, 5) is 24.6. The van der Waals surface area contributed by atoms with Gasteiger partial charge in [0.25, 0.3) is 0 Å². The van der Waals surface area contributed by atoms with E-state index in [1.54, 1.807) is 6.07 Å². The van der Waals surface area contributed by atoms with E-state index in [4.69, 9.17) is 0 Å². The number of anilines is 1. The number of aromatic amines is 1. The molecule has 0 fully saturated rings. The van der Waals surface area contributed by atoms with Crippen LogP contribution in [0.25, 0.3) is 0 Å². The first-order valence-electron chi connectivity index (χ1n) is 3.78. The van der Waals surface area contributed by atoms with Gasteiger partial charge in [-0.15, -0.1) is 0 Å². The molecule has 0 bridgehead atoms. The predicted molar refractivity (Wildman–Crippen MR) is 44.5 cm³/mol. The van der Waals surface area contributed by atoms with Gasteiger partial charge in [0, 0.05) is 19.0 Å². The summed E-state index contributed by atoms with van der Waals surface area (Å²) in [5, 5.41) is 2.96. The van der Waals surface area contributed by atoms with Crippen molar-refractivity contribution in [1.29, 1.82) is 0 Å². The molecule has 2 N–H and O–H groups in total. The minimum absolute atomic E-state index is 0.0833. The third-order valence-corrected chi connectivity index (χ3v) is 1.87. The summed E-state index contributed by atoms with van der Waals surface area (Å²) in [7, 11) is 0. The SMILES string of the molecule is O=C1CCNc2[nH]c(=O)ccc21. The summed E-state index contributed by atoms with van der Waals surface area (Å²) in [5.41, 5.74) is 0.400. The van der Waals surface area contributed by atoms with Crippen LogP contribution >= 0.6 is 0 Å². The van der Waals surface area contributed by atoms with Crippen LogP contribution in [0.4, 0.5) is 5.82 Å². The number of rotatable bonds is 0. The van der Waals surface area contributed by atoms with Crippen molar-refractivity contribution in [2.45, 2.75) is 6.42 Å². The Morgan fingerprint density at radius 1 is 1.25 bits per heavy atom. The Kier molecular flexibility index (Phi) is 1.46. The Hall–Kier alpha value is -1.58. The Labute approximate surface area is 68.6 Å². The summed E-state index contributed by atoms with van der Waals surface area (Å²) < 4.78 is 0. The van der Waals surface area contributed by atoms with Gasteiger partial charge in [-0.25, -0.2) is 0 Å². The fourth-order valence-electron chi connectivity index (χ4n) is 1.28. The second-order valence-corrected chi connectivity index (χ2v) is 2.71. The first kappa shape index (κ1) is 7.09. The van der Waals surface area contributed by atoms with Gasteiger partial charge in [0.15, 0.2) is 5.78 Å². The molecule has 0 spiro atoms. The highest BCUT2D eigenvalue weighted by Gasteiger charge is 2.16. The second-order valence-electron chi connectivity index (χ2n) is 2.71. The van der Waals surface area contributed by atoms with Crippen molar-refractivity contribution in [2.24, 2.45) is 0 Å². The quantitative estimate of drug-likeness (QED) is 0.582. The Morgan fingerprint density at radius 3 is 2.92 bits per heavy atom. The molecule has 2 rings (SSSR count). The molecular formula is C8H8N2O2. The van der Waals surface area contributed by atoms with Crippen molar-refractivity contribution in [2.75, 3.05) is 11.9 Å². The molecule has 1 aromatic rings. The molecule has 0 aliphatic carbocycles. The smallest absolute Gasteiger partial charge is 0.249 e. The lowest BCUT2D eigenvalue weighted by atomic mass is 10.1. The molecule has 0 saturated heterocycles. The van der Waals surface area contributed by atoms with Crippen molar-refractivity contribution < 1.29 is 4.79 Å². The normalized spacial score (nSPS) is 15.2. The van der Waals surface area contributed by atoms with Gasteiger partial charge in [0.1, 0.15) is 5.82 Å². The maximum atomic E-state index is 11.2. The third kappa shape index (κ3) is 1.01. The van der Waals surface area contributed by atoms with E-state index in [-0.39, 0.29) is 11.3 Å². The minimum atomic E-state index is -0.184. The lowest BCUT2D eigenvalue weighted by molar-refractivity contribution is 0.0983. The van der Waals surface area contributed by atoms with E-state index in [0.717, 1.165) is 0 Å². The number of carbonyl (C=O) groups is 1. The lowest BCUT2D eigenvalue weighted by Gasteiger charge is -2.15. The van der Waals surface area contributed by atoms with Gasteiger partial charge in [0.2, 0.25) is 5.56 Å². The Bertz CT molecular complexity index is 381. The largest absolute Gasteiger partial charge is 0.370 e. The van der Waals surface area contributed by atoms with Crippen LogP contribution in [-0.2, 0) is 0 Å². The van der Waals surface area contributed by atoms with E-state index in [9.17, 15) is 9.59 Å². The van der Waals surface area contributed by atoms with E-state index < -0.39 is 0 Å². The van der Waals surface area contributed by atoms with Crippen LogP contribution < -0.4 is 10.9 Å². The van der Waals surface area contributed by atoms with Gasteiger partial charge in [-0.05, 0) is 6.07 Å². The molecule has 0 radical (unpaired) electrons. The van der Waals surface area contributed by atoms with Crippen molar-refractivity contribution in [3.63, 3.8) is 0 Å². The zero-order chi connectivity index (χ0) is 8.55. The number of H-pyrrole nitrogens is 1. The van der Waals surface area contributed by atoms with E-state index in [1.807, 2.05) is 0 Å². The van der Waals surface area contributed by atoms with E-state index in [2.05, 4.69) is 10.3 Å². The molecule has 1 aliphatic heterocycles. The van der Waals surface area contributed by atoms with Gasteiger partial charge in [-0.3, -0.25) is 9.59 Å². The fraction of sp³-hybridized carbons (Fsp3) is 0.250. The van der Waals surface area contributed by atoms with E-state index in [1.165, 1.54) is 6.07 Å². The number of fused-ring (bicyclic) bond motifs is 1. The number of aromatic nitrogens is 1. The van der Waals surface area contributed by atoms with Gasteiger partial charge >= 0.3 is 0 Å². The predicted octanol–water partition coefficient (Wildman–Crippen LogP) is 0.373. The van der Waals surface area contributed by atoms with Crippen LogP contribution in [0, 0.1) is 0 Å². The third-order valence-electron chi connectivity index (χ3n) is 1.87. The molecular weight excluding hydrogens is 156 g/mol. The summed E-state index contributed by atoms with van der Waals surface area (Å²) in [6.45, 7) is 0.603. The van der Waals surface area contributed by atoms with Gasteiger partial charge in [-0.1, -0.05) is 0 Å². The molecule has 0 aromatic carbocycles. The molecule has 4 nitrogen and oxygen atoms in total. The second kappa shape index (κ2) is 2.48. The molecule has 62 valence electrons.